The Labute approximate surface area is 89.3 Å². The van der Waals surface area contributed by atoms with Gasteiger partial charge >= 0.3 is 5.97 Å². The fourth-order valence-corrected chi connectivity index (χ4v) is 0.613. The first kappa shape index (κ1) is 18.7. The second kappa shape index (κ2) is 10.0. The van der Waals surface area contributed by atoms with Gasteiger partial charge in [0.25, 0.3) is 0 Å². The molecule has 0 spiro atoms. The molecule has 0 saturated heterocycles. The van der Waals surface area contributed by atoms with E-state index in [1.165, 1.54) is 0 Å². The third-order valence-electron chi connectivity index (χ3n) is 1.40. The number of hydrogen-bond donors (Lipinski definition) is 4. The highest BCUT2D eigenvalue weighted by Gasteiger charge is 2.12. The molecule has 6 N–H and O–H groups in total. The number of carbonyl (C=O) groups is 1. The minimum Gasteiger partial charge on any atom is -0.480 e. The summed E-state index contributed by atoms with van der Waals surface area (Å²) in [6.45, 7) is 0.145. The van der Waals surface area contributed by atoms with Gasteiger partial charge in [0.1, 0.15) is 6.04 Å². The lowest BCUT2D eigenvalue weighted by Crippen LogP contribution is -2.32. The summed E-state index contributed by atoms with van der Waals surface area (Å²) in [5.41, 5.74) is 10.3. The summed E-state index contributed by atoms with van der Waals surface area (Å²) < 4.78 is 0. The van der Waals surface area contributed by atoms with Gasteiger partial charge < -0.3 is 21.7 Å². The van der Waals surface area contributed by atoms with Crippen molar-refractivity contribution < 1.29 is 15.0 Å². The first-order chi connectivity index (χ1) is 5.07. The molecular formula is C6H16Cl2N2O3. The summed E-state index contributed by atoms with van der Waals surface area (Å²) in [4.78, 5) is 10.2. The van der Waals surface area contributed by atoms with Crippen molar-refractivity contribution in [1.82, 2.24) is 0 Å². The lowest BCUT2D eigenvalue weighted by Gasteiger charge is -2.09. The number of halogens is 2. The molecule has 82 valence electrons. The summed E-state index contributed by atoms with van der Waals surface area (Å²) in [6, 6.07) is -0.892. The van der Waals surface area contributed by atoms with Crippen molar-refractivity contribution in [3.05, 3.63) is 0 Å². The van der Waals surface area contributed by atoms with Crippen molar-refractivity contribution in [2.45, 2.75) is 25.0 Å². The lowest BCUT2D eigenvalue weighted by molar-refractivity contribution is -0.138. The van der Waals surface area contributed by atoms with E-state index in [0.29, 0.717) is 6.42 Å². The first-order valence-electron chi connectivity index (χ1n) is 3.44. The van der Waals surface area contributed by atoms with Crippen molar-refractivity contribution >= 4 is 30.8 Å². The molecule has 0 aliphatic rings. The maximum atomic E-state index is 10.2. The van der Waals surface area contributed by atoms with Gasteiger partial charge in [-0.1, -0.05) is 0 Å². The van der Waals surface area contributed by atoms with E-state index in [9.17, 15) is 4.79 Å². The van der Waals surface area contributed by atoms with Crippen LogP contribution >= 0.6 is 24.8 Å². The predicted octanol–water partition coefficient (Wildman–Crippen LogP) is -0.658. The Balaban J connectivity index is -0.000000500. The molecule has 0 radical (unpaired) electrons. The van der Waals surface area contributed by atoms with Crippen LogP contribution in [0.1, 0.15) is 12.8 Å². The van der Waals surface area contributed by atoms with Crippen LogP contribution < -0.4 is 11.5 Å². The van der Waals surface area contributed by atoms with Crippen molar-refractivity contribution in [2.24, 2.45) is 11.5 Å². The van der Waals surface area contributed by atoms with E-state index in [4.69, 9.17) is 21.7 Å². The van der Waals surface area contributed by atoms with Crippen LogP contribution in [0.5, 0.6) is 0 Å². The average molecular weight is 235 g/mol. The zero-order chi connectivity index (χ0) is 8.85. The number of aliphatic carboxylic acids is 1. The van der Waals surface area contributed by atoms with Crippen molar-refractivity contribution in [3.63, 3.8) is 0 Å². The van der Waals surface area contributed by atoms with Gasteiger partial charge in [-0.25, -0.2) is 0 Å². The van der Waals surface area contributed by atoms with Gasteiger partial charge in [0.2, 0.25) is 0 Å². The standard InChI is InChI=1S/C6H14N2O3.2ClH/c7-3-4(9)1-2-5(8)6(10)11;;/h4-5,9H,1-3,7-8H2,(H,10,11);2*1H/t4-,5+;;/m1../s1. The highest BCUT2D eigenvalue weighted by atomic mass is 35.5. The number of nitrogens with two attached hydrogens (primary N) is 2. The molecule has 5 nitrogen and oxygen atoms in total. The third kappa shape index (κ3) is 9.85. The molecule has 0 rings (SSSR count). The Hall–Kier alpha value is -0.0700. The van der Waals surface area contributed by atoms with E-state index in [2.05, 4.69) is 0 Å². The Bertz CT molecular complexity index is 137. The van der Waals surface area contributed by atoms with Crippen LogP contribution in [0.3, 0.4) is 0 Å². The van der Waals surface area contributed by atoms with Gasteiger partial charge in [-0.2, -0.15) is 0 Å². The Morgan fingerprint density at radius 3 is 2.08 bits per heavy atom. The average Bonchev–Trinajstić information content (AvgIpc) is 1.99. The fraction of sp³-hybridized carbons (Fsp3) is 0.833. The van der Waals surface area contributed by atoms with Gasteiger partial charge in [0.05, 0.1) is 6.10 Å². The van der Waals surface area contributed by atoms with Crippen LogP contribution in [-0.4, -0.2) is 34.9 Å². The largest absolute Gasteiger partial charge is 0.480 e. The maximum Gasteiger partial charge on any atom is 0.320 e. The molecule has 0 amide bonds. The minimum atomic E-state index is -1.05. The van der Waals surface area contributed by atoms with Crippen LogP contribution in [0.25, 0.3) is 0 Å². The smallest absolute Gasteiger partial charge is 0.320 e. The normalized spacial score (nSPS) is 13.5. The molecule has 0 saturated carbocycles. The molecular weight excluding hydrogens is 219 g/mol. The van der Waals surface area contributed by atoms with Crippen LogP contribution in [-0.2, 0) is 4.79 Å². The van der Waals surface area contributed by atoms with E-state index in [1.807, 2.05) is 0 Å². The number of rotatable bonds is 5. The molecule has 2 atom stereocenters. The number of aliphatic hydroxyl groups is 1. The molecule has 0 aromatic rings. The van der Waals surface area contributed by atoms with Gasteiger partial charge in [0.15, 0.2) is 0 Å². The van der Waals surface area contributed by atoms with Gasteiger partial charge in [-0.3, -0.25) is 4.79 Å². The van der Waals surface area contributed by atoms with Crippen LogP contribution in [0, 0.1) is 0 Å². The summed E-state index contributed by atoms with van der Waals surface area (Å²) in [5, 5.41) is 17.2. The van der Waals surface area contributed by atoms with Crippen molar-refractivity contribution in [2.75, 3.05) is 6.54 Å². The third-order valence-corrected chi connectivity index (χ3v) is 1.40. The highest BCUT2D eigenvalue weighted by molar-refractivity contribution is 5.85. The van der Waals surface area contributed by atoms with Gasteiger partial charge in [0, 0.05) is 6.54 Å². The number of carboxylic acids is 1. The van der Waals surface area contributed by atoms with Gasteiger partial charge in [-0.15, -0.1) is 24.8 Å². The number of aliphatic hydroxyl groups excluding tert-OH is 1. The molecule has 0 aliphatic heterocycles. The van der Waals surface area contributed by atoms with E-state index >= 15 is 0 Å². The molecule has 13 heavy (non-hydrogen) atoms. The number of hydrogen-bond acceptors (Lipinski definition) is 4. The lowest BCUT2D eigenvalue weighted by atomic mass is 10.1. The Kier molecular flexibility index (Phi) is 14.4. The topological polar surface area (TPSA) is 110 Å². The molecule has 0 aliphatic carbocycles. The molecule has 7 heteroatoms. The summed E-state index contributed by atoms with van der Waals surface area (Å²) >= 11 is 0. The number of carboxylic acid groups (broad SMARTS) is 1. The predicted molar refractivity (Wildman–Crippen MR) is 54.4 cm³/mol. The van der Waals surface area contributed by atoms with Crippen LogP contribution in [0.2, 0.25) is 0 Å². The zero-order valence-electron chi connectivity index (χ0n) is 7.05. The molecule has 0 bridgehead atoms. The Morgan fingerprint density at radius 2 is 1.77 bits per heavy atom. The van der Waals surface area contributed by atoms with E-state index in [0.717, 1.165) is 0 Å². The molecule has 0 heterocycles. The monoisotopic (exact) mass is 234 g/mol. The SMILES string of the molecule is Cl.Cl.NC[C@H](O)CC[C@H](N)C(=O)O. The Morgan fingerprint density at radius 1 is 1.31 bits per heavy atom. The molecule has 0 unspecified atom stereocenters. The van der Waals surface area contributed by atoms with Crippen molar-refractivity contribution in [3.8, 4) is 0 Å². The van der Waals surface area contributed by atoms with E-state index < -0.39 is 18.1 Å². The highest BCUT2D eigenvalue weighted by Crippen LogP contribution is 1.98. The van der Waals surface area contributed by atoms with Gasteiger partial charge in [-0.05, 0) is 12.8 Å². The second-order valence-corrected chi connectivity index (χ2v) is 2.41. The summed E-state index contributed by atoms with van der Waals surface area (Å²) in [6.07, 6.45) is -0.0436. The zero-order valence-corrected chi connectivity index (χ0v) is 8.68. The molecule has 0 fully saturated rings. The maximum absolute atomic E-state index is 10.2. The van der Waals surface area contributed by atoms with Crippen molar-refractivity contribution in [1.29, 1.82) is 0 Å². The van der Waals surface area contributed by atoms with Crippen LogP contribution in [0.4, 0.5) is 0 Å². The first-order valence-corrected chi connectivity index (χ1v) is 3.44. The van der Waals surface area contributed by atoms with Crippen LogP contribution in [0.15, 0.2) is 0 Å². The van der Waals surface area contributed by atoms with E-state index in [-0.39, 0.29) is 37.8 Å². The molecule has 0 aromatic heterocycles. The molecule has 0 aromatic carbocycles. The van der Waals surface area contributed by atoms with E-state index in [1.54, 1.807) is 0 Å². The summed E-state index contributed by atoms with van der Waals surface area (Å²) in [5.74, 6) is -1.05. The summed E-state index contributed by atoms with van der Waals surface area (Å²) in [7, 11) is 0. The fourth-order valence-electron chi connectivity index (χ4n) is 0.613. The quantitative estimate of drug-likeness (QED) is 0.505. The second-order valence-electron chi connectivity index (χ2n) is 2.41. The minimum absolute atomic E-state index is 0.